The van der Waals surface area contributed by atoms with Crippen LogP contribution in [0, 0.1) is 22.7 Å². The molecular weight excluding hydrogens is 385 g/mol. The molecule has 0 saturated carbocycles. The van der Waals surface area contributed by atoms with Crippen molar-refractivity contribution in [2.75, 3.05) is 0 Å². The van der Waals surface area contributed by atoms with Gasteiger partial charge in [-0.1, -0.05) is 30.3 Å². The minimum absolute atomic E-state index is 0.486. The molecule has 0 amide bonds. The lowest BCUT2D eigenvalue weighted by atomic mass is 9.96. The Kier molecular flexibility index (Phi) is 6.54. The zero-order chi connectivity index (χ0) is 21.6. The van der Waals surface area contributed by atoms with Crippen molar-refractivity contribution < 1.29 is 13.2 Å². The van der Waals surface area contributed by atoms with Crippen LogP contribution >= 0.6 is 0 Å². The van der Waals surface area contributed by atoms with Crippen molar-refractivity contribution >= 4 is 0 Å². The van der Waals surface area contributed by atoms with Crippen molar-refractivity contribution in [3.05, 3.63) is 106 Å². The van der Waals surface area contributed by atoms with Crippen LogP contribution in [0.1, 0.15) is 38.9 Å². The second-order valence-corrected chi connectivity index (χ2v) is 7.15. The highest BCUT2D eigenvalue weighted by Gasteiger charge is 2.31. The van der Waals surface area contributed by atoms with E-state index in [9.17, 15) is 13.2 Å². The molecule has 0 aromatic heterocycles. The van der Waals surface area contributed by atoms with Crippen LogP contribution < -0.4 is 0 Å². The molecule has 0 unspecified atom stereocenters. The van der Waals surface area contributed by atoms with E-state index in [0.29, 0.717) is 47.9 Å². The lowest BCUT2D eigenvalue weighted by Gasteiger charge is -2.13. The molecule has 0 heterocycles. The summed E-state index contributed by atoms with van der Waals surface area (Å²) in [7, 11) is 0. The summed E-state index contributed by atoms with van der Waals surface area (Å²) < 4.78 is 40.1. The predicted molar refractivity (Wildman–Crippen MR) is 109 cm³/mol. The standard InChI is InChI=1S/C25H19F3N2/c26-25(27,28)24-14-22(11-5-18-1-7-20(16-29)8-2-18)13-23(15-24)12-6-19-3-9-21(17-30)10-4-19/h1-4,7-10,13-15H,5-6,11-12H2. The van der Waals surface area contributed by atoms with E-state index in [1.807, 2.05) is 30.3 Å². The summed E-state index contributed by atoms with van der Waals surface area (Å²) in [5.41, 5.74) is 3.73. The minimum atomic E-state index is -4.40. The van der Waals surface area contributed by atoms with E-state index in [-0.39, 0.29) is 0 Å². The normalized spacial score (nSPS) is 11.0. The SMILES string of the molecule is N#Cc1ccc(CCc2cc(CCc3ccc(C#N)cc3)cc(C(F)(F)F)c2)cc1. The van der Waals surface area contributed by atoms with E-state index in [4.69, 9.17) is 10.5 Å². The molecule has 150 valence electrons. The molecule has 0 aliphatic heterocycles. The molecule has 0 spiro atoms. The van der Waals surface area contributed by atoms with Gasteiger partial charge in [-0.05, 0) is 84.3 Å². The third kappa shape index (κ3) is 5.72. The van der Waals surface area contributed by atoms with E-state index >= 15 is 0 Å². The van der Waals surface area contributed by atoms with Crippen molar-refractivity contribution in [2.24, 2.45) is 0 Å². The maximum atomic E-state index is 13.4. The van der Waals surface area contributed by atoms with Crippen LogP contribution in [0.5, 0.6) is 0 Å². The monoisotopic (exact) mass is 404 g/mol. The van der Waals surface area contributed by atoms with Crippen LogP contribution in [0.15, 0.2) is 66.7 Å². The van der Waals surface area contributed by atoms with Gasteiger partial charge in [0.05, 0.1) is 28.8 Å². The highest BCUT2D eigenvalue weighted by Crippen LogP contribution is 2.31. The Bertz CT molecular complexity index is 1000. The lowest BCUT2D eigenvalue weighted by molar-refractivity contribution is -0.137. The van der Waals surface area contributed by atoms with Crippen molar-refractivity contribution in [1.82, 2.24) is 0 Å². The Labute approximate surface area is 173 Å². The number of alkyl halides is 3. The van der Waals surface area contributed by atoms with Gasteiger partial charge in [-0.2, -0.15) is 23.7 Å². The molecule has 0 saturated heterocycles. The second-order valence-electron chi connectivity index (χ2n) is 7.15. The number of halogens is 3. The lowest BCUT2D eigenvalue weighted by Crippen LogP contribution is -2.08. The fourth-order valence-electron chi connectivity index (χ4n) is 3.28. The first-order valence-corrected chi connectivity index (χ1v) is 9.55. The van der Waals surface area contributed by atoms with Crippen LogP contribution in [0.4, 0.5) is 13.2 Å². The number of rotatable bonds is 6. The second kappa shape index (κ2) is 9.29. The number of benzene rings is 3. The van der Waals surface area contributed by atoms with Gasteiger partial charge in [0.2, 0.25) is 0 Å². The zero-order valence-electron chi connectivity index (χ0n) is 16.2. The van der Waals surface area contributed by atoms with Crippen LogP contribution in [0.25, 0.3) is 0 Å². The van der Waals surface area contributed by atoms with Crippen LogP contribution in [0.3, 0.4) is 0 Å². The topological polar surface area (TPSA) is 47.6 Å². The molecule has 2 nitrogen and oxygen atoms in total. The molecule has 3 rings (SSSR count). The first kappa shape index (κ1) is 21.1. The van der Waals surface area contributed by atoms with E-state index in [1.165, 1.54) is 12.1 Å². The van der Waals surface area contributed by atoms with Crippen LogP contribution in [-0.4, -0.2) is 0 Å². The smallest absolute Gasteiger partial charge is 0.192 e. The molecule has 3 aromatic rings. The third-order valence-electron chi connectivity index (χ3n) is 4.95. The first-order valence-electron chi connectivity index (χ1n) is 9.55. The van der Waals surface area contributed by atoms with Gasteiger partial charge in [-0.25, -0.2) is 0 Å². The largest absolute Gasteiger partial charge is 0.416 e. The van der Waals surface area contributed by atoms with Gasteiger partial charge >= 0.3 is 6.18 Å². The Morgan fingerprint density at radius 3 is 1.27 bits per heavy atom. The van der Waals surface area contributed by atoms with Crippen molar-refractivity contribution in [3.63, 3.8) is 0 Å². The van der Waals surface area contributed by atoms with Crippen LogP contribution in [-0.2, 0) is 31.9 Å². The summed E-state index contributed by atoms with van der Waals surface area (Å²) >= 11 is 0. The van der Waals surface area contributed by atoms with Crippen molar-refractivity contribution in [3.8, 4) is 12.1 Å². The molecular formula is C25H19F3N2. The predicted octanol–water partition coefficient (Wildman–Crippen LogP) is 6.02. The molecule has 0 aliphatic carbocycles. The third-order valence-corrected chi connectivity index (χ3v) is 4.95. The molecule has 0 bridgehead atoms. The Hall–Kier alpha value is -3.57. The summed E-state index contributed by atoms with van der Waals surface area (Å²) in [6.45, 7) is 0. The molecule has 3 aromatic carbocycles. The van der Waals surface area contributed by atoms with Gasteiger partial charge < -0.3 is 0 Å². The van der Waals surface area contributed by atoms with Gasteiger partial charge in [-0.3, -0.25) is 0 Å². The average Bonchev–Trinajstić information content (AvgIpc) is 2.76. The van der Waals surface area contributed by atoms with Gasteiger partial charge in [0.1, 0.15) is 0 Å². The van der Waals surface area contributed by atoms with Gasteiger partial charge in [0, 0.05) is 0 Å². The van der Waals surface area contributed by atoms with Gasteiger partial charge in [-0.15, -0.1) is 0 Å². The quantitative estimate of drug-likeness (QED) is 0.504. The summed E-state index contributed by atoms with van der Waals surface area (Å²) in [6.07, 6.45) is -2.23. The molecule has 0 N–H and O–H groups in total. The molecule has 30 heavy (non-hydrogen) atoms. The molecule has 5 heteroatoms. The summed E-state index contributed by atoms with van der Waals surface area (Å²) in [5.74, 6) is 0. The maximum absolute atomic E-state index is 13.4. The Morgan fingerprint density at radius 1 is 0.567 bits per heavy atom. The molecule has 0 radical (unpaired) electrons. The average molecular weight is 404 g/mol. The highest BCUT2D eigenvalue weighted by atomic mass is 19.4. The highest BCUT2D eigenvalue weighted by molar-refractivity contribution is 5.36. The molecule has 0 fully saturated rings. The fourth-order valence-corrected chi connectivity index (χ4v) is 3.28. The van der Waals surface area contributed by atoms with E-state index in [2.05, 4.69) is 12.1 Å². The number of hydrogen-bond donors (Lipinski definition) is 0. The zero-order valence-corrected chi connectivity index (χ0v) is 16.2. The van der Waals surface area contributed by atoms with Crippen LogP contribution in [0.2, 0.25) is 0 Å². The van der Waals surface area contributed by atoms with E-state index < -0.39 is 11.7 Å². The van der Waals surface area contributed by atoms with Crippen molar-refractivity contribution in [1.29, 1.82) is 10.5 Å². The van der Waals surface area contributed by atoms with Gasteiger partial charge in [0.15, 0.2) is 0 Å². The fraction of sp³-hybridized carbons (Fsp3) is 0.200. The van der Waals surface area contributed by atoms with E-state index in [1.54, 1.807) is 24.3 Å². The molecule has 0 aliphatic rings. The Balaban J connectivity index is 1.75. The Morgan fingerprint density at radius 2 is 0.933 bits per heavy atom. The first-order chi connectivity index (χ1) is 14.4. The van der Waals surface area contributed by atoms with Crippen molar-refractivity contribution in [2.45, 2.75) is 31.9 Å². The number of hydrogen-bond acceptors (Lipinski definition) is 2. The summed E-state index contributed by atoms with van der Waals surface area (Å²) in [4.78, 5) is 0. The maximum Gasteiger partial charge on any atom is 0.416 e. The number of nitrogens with zero attached hydrogens (tertiary/aromatic N) is 2. The number of nitriles is 2. The van der Waals surface area contributed by atoms with Gasteiger partial charge in [0.25, 0.3) is 0 Å². The minimum Gasteiger partial charge on any atom is -0.192 e. The van der Waals surface area contributed by atoms with E-state index in [0.717, 1.165) is 11.1 Å². The summed E-state index contributed by atoms with van der Waals surface area (Å²) in [6, 6.07) is 22.6. The molecule has 0 atom stereocenters. The number of aryl methyl sites for hydroxylation is 4. The summed E-state index contributed by atoms with van der Waals surface area (Å²) in [5, 5.41) is 17.7.